The van der Waals surface area contributed by atoms with Crippen LogP contribution in [-0.4, -0.2) is 38.4 Å². The number of ether oxygens (including phenoxy) is 2. The first-order valence-electron chi connectivity index (χ1n) is 7.72. The van der Waals surface area contributed by atoms with Crippen molar-refractivity contribution in [3.05, 3.63) is 29.8 Å². The number of halogens is 1. The summed E-state index contributed by atoms with van der Waals surface area (Å²) in [5, 5.41) is 6.63. The molecule has 0 aliphatic carbocycles. The Morgan fingerprint density at radius 1 is 1.22 bits per heavy atom. The second kappa shape index (κ2) is 11.5. The van der Waals surface area contributed by atoms with Gasteiger partial charge in [0.05, 0.1) is 13.2 Å². The van der Waals surface area contributed by atoms with Gasteiger partial charge in [-0.15, -0.1) is 24.0 Å². The molecule has 0 amide bonds. The van der Waals surface area contributed by atoms with Gasteiger partial charge in [0.15, 0.2) is 5.96 Å². The van der Waals surface area contributed by atoms with Crippen LogP contribution in [0.2, 0.25) is 0 Å². The highest BCUT2D eigenvalue weighted by Gasteiger charge is 2.11. The lowest BCUT2D eigenvalue weighted by molar-refractivity contribution is 0.146. The Labute approximate surface area is 157 Å². The Morgan fingerprint density at radius 2 is 1.96 bits per heavy atom. The highest BCUT2D eigenvalue weighted by atomic mass is 127. The van der Waals surface area contributed by atoms with Gasteiger partial charge in [-0.2, -0.15) is 0 Å². The highest BCUT2D eigenvalue weighted by Crippen LogP contribution is 2.14. The fraction of sp³-hybridized carbons (Fsp3) is 0.588. The molecule has 0 saturated carbocycles. The third kappa shape index (κ3) is 10.4. The lowest BCUT2D eigenvalue weighted by Crippen LogP contribution is -2.47. The molecule has 0 radical (unpaired) electrons. The van der Waals surface area contributed by atoms with E-state index in [0.29, 0.717) is 19.8 Å². The fourth-order valence-corrected chi connectivity index (χ4v) is 1.81. The Morgan fingerprint density at radius 3 is 2.57 bits per heavy atom. The van der Waals surface area contributed by atoms with Crippen LogP contribution in [0, 0.1) is 0 Å². The summed E-state index contributed by atoms with van der Waals surface area (Å²) in [7, 11) is 1.67. The zero-order valence-corrected chi connectivity index (χ0v) is 17.1. The van der Waals surface area contributed by atoms with Crippen LogP contribution in [0.5, 0.6) is 5.75 Å². The van der Waals surface area contributed by atoms with E-state index in [1.807, 2.05) is 24.3 Å². The second-order valence-corrected chi connectivity index (χ2v) is 6.06. The molecule has 0 unspecified atom stereocenters. The molecule has 132 valence electrons. The largest absolute Gasteiger partial charge is 0.491 e. The van der Waals surface area contributed by atoms with Crippen molar-refractivity contribution in [2.45, 2.75) is 39.8 Å². The van der Waals surface area contributed by atoms with E-state index in [0.717, 1.165) is 23.8 Å². The molecule has 0 bridgehead atoms. The van der Waals surface area contributed by atoms with Crippen molar-refractivity contribution in [2.75, 3.05) is 26.9 Å². The fourth-order valence-electron chi connectivity index (χ4n) is 1.81. The number of rotatable bonds is 7. The molecule has 0 aliphatic rings. The SMILES string of the molecule is CCNC(=NCc1cccc(OCCOC)c1)NC(C)(C)C.I. The molecule has 0 spiro atoms. The number of hydrogen-bond donors (Lipinski definition) is 2. The average molecular weight is 435 g/mol. The topological polar surface area (TPSA) is 54.9 Å². The summed E-state index contributed by atoms with van der Waals surface area (Å²) in [6, 6.07) is 7.99. The van der Waals surface area contributed by atoms with Crippen molar-refractivity contribution in [1.29, 1.82) is 0 Å². The lowest BCUT2D eigenvalue weighted by Gasteiger charge is -2.23. The maximum Gasteiger partial charge on any atom is 0.191 e. The smallest absolute Gasteiger partial charge is 0.191 e. The minimum atomic E-state index is -0.0217. The summed E-state index contributed by atoms with van der Waals surface area (Å²) in [4.78, 5) is 4.62. The average Bonchev–Trinajstić information content (AvgIpc) is 2.44. The van der Waals surface area contributed by atoms with Gasteiger partial charge in [0, 0.05) is 19.2 Å². The van der Waals surface area contributed by atoms with Gasteiger partial charge >= 0.3 is 0 Å². The Kier molecular flexibility index (Phi) is 11.0. The van der Waals surface area contributed by atoms with Gasteiger partial charge in [-0.05, 0) is 45.4 Å². The number of methoxy groups -OCH3 is 1. The van der Waals surface area contributed by atoms with Gasteiger partial charge in [0.2, 0.25) is 0 Å². The van der Waals surface area contributed by atoms with Crippen LogP contribution in [-0.2, 0) is 11.3 Å². The predicted molar refractivity (Wildman–Crippen MR) is 107 cm³/mol. The molecule has 2 N–H and O–H groups in total. The molecule has 1 aromatic carbocycles. The first-order chi connectivity index (χ1) is 10.4. The zero-order valence-electron chi connectivity index (χ0n) is 14.8. The molecule has 0 atom stereocenters. The van der Waals surface area contributed by atoms with E-state index >= 15 is 0 Å². The number of hydrogen-bond acceptors (Lipinski definition) is 3. The molecule has 1 rings (SSSR count). The predicted octanol–water partition coefficient (Wildman–Crippen LogP) is 3.18. The third-order valence-electron chi connectivity index (χ3n) is 2.71. The zero-order chi connectivity index (χ0) is 16.4. The quantitative estimate of drug-likeness (QED) is 0.299. The molecular formula is C17H30IN3O2. The molecule has 0 aliphatic heterocycles. The second-order valence-electron chi connectivity index (χ2n) is 6.06. The number of nitrogens with one attached hydrogen (secondary N) is 2. The normalized spacial score (nSPS) is 11.6. The van der Waals surface area contributed by atoms with Crippen LogP contribution in [0.1, 0.15) is 33.3 Å². The van der Waals surface area contributed by atoms with E-state index in [4.69, 9.17) is 9.47 Å². The van der Waals surface area contributed by atoms with Gasteiger partial charge in [0.25, 0.3) is 0 Å². The van der Waals surface area contributed by atoms with E-state index in [1.54, 1.807) is 7.11 Å². The number of nitrogens with zero attached hydrogens (tertiary/aromatic N) is 1. The van der Waals surface area contributed by atoms with E-state index in [2.05, 4.69) is 43.3 Å². The standard InChI is InChI=1S/C17H29N3O2.HI/c1-6-18-16(20-17(2,3)4)19-13-14-8-7-9-15(12-14)22-11-10-21-5;/h7-9,12H,6,10-11,13H2,1-5H3,(H2,18,19,20);1H. The van der Waals surface area contributed by atoms with Crippen molar-refractivity contribution in [3.63, 3.8) is 0 Å². The van der Waals surface area contributed by atoms with Crippen molar-refractivity contribution in [1.82, 2.24) is 10.6 Å². The summed E-state index contributed by atoms with van der Waals surface area (Å²) in [6.45, 7) is 11.0. The molecule has 0 fully saturated rings. The molecule has 6 heteroatoms. The van der Waals surface area contributed by atoms with Crippen LogP contribution in [0.25, 0.3) is 0 Å². The Balaban J connectivity index is 0.00000484. The highest BCUT2D eigenvalue weighted by molar-refractivity contribution is 14.0. The Bertz CT molecular complexity index is 473. The first kappa shape index (κ1) is 22.0. The molecular weight excluding hydrogens is 405 g/mol. The summed E-state index contributed by atoms with van der Waals surface area (Å²) in [5.41, 5.74) is 1.09. The summed E-state index contributed by atoms with van der Waals surface area (Å²) >= 11 is 0. The number of benzene rings is 1. The van der Waals surface area contributed by atoms with Gasteiger partial charge in [0.1, 0.15) is 12.4 Å². The first-order valence-corrected chi connectivity index (χ1v) is 7.72. The van der Waals surface area contributed by atoms with Crippen molar-refractivity contribution in [3.8, 4) is 5.75 Å². The van der Waals surface area contributed by atoms with Crippen LogP contribution >= 0.6 is 24.0 Å². The van der Waals surface area contributed by atoms with Gasteiger partial charge < -0.3 is 20.1 Å². The van der Waals surface area contributed by atoms with Crippen molar-refractivity contribution >= 4 is 29.9 Å². The van der Waals surface area contributed by atoms with E-state index in [1.165, 1.54) is 0 Å². The van der Waals surface area contributed by atoms with E-state index < -0.39 is 0 Å². The Hall–Kier alpha value is -1.02. The number of aliphatic imine (C=N–C) groups is 1. The molecule has 0 saturated heterocycles. The van der Waals surface area contributed by atoms with Crippen LogP contribution in [0.4, 0.5) is 0 Å². The minimum Gasteiger partial charge on any atom is -0.491 e. The van der Waals surface area contributed by atoms with E-state index in [-0.39, 0.29) is 29.5 Å². The summed E-state index contributed by atoms with van der Waals surface area (Å²) in [6.07, 6.45) is 0. The van der Waals surface area contributed by atoms with E-state index in [9.17, 15) is 0 Å². The molecule has 1 aromatic rings. The van der Waals surface area contributed by atoms with Crippen LogP contribution in [0.3, 0.4) is 0 Å². The number of guanidine groups is 1. The maximum atomic E-state index is 5.62. The minimum absolute atomic E-state index is 0. The molecule has 0 aromatic heterocycles. The summed E-state index contributed by atoms with van der Waals surface area (Å²) < 4.78 is 10.6. The van der Waals surface area contributed by atoms with Gasteiger partial charge in [-0.3, -0.25) is 0 Å². The van der Waals surface area contributed by atoms with Crippen LogP contribution in [0.15, 0.2) is 29.3 Å². The molecule has 5 nitrogen and oxygen atoms in total. The monoisotopic (exact) mass is 435 g/mol. The maximum absolute atomic E-state index is 5.62. The van der Waals surface area contributed by atoms with Crippen LogP contribution < -0.4 is 15.4 Å². The van der Waals surface area contributed by atoms with Crippen molar-refractivity contribution in [2.24, 2.45) is 4.99 Å². The third-order valence-corrected chi connectivity index (χ3v) is 2.71. The molecule has 0 heterocycles. The van der Waals surface area contributed by atoms with Crippen molar-refractivity contribution < 1.29 is 9.47 Å². The molecule has 23 heavy (non-hydrogen) atoms. The summed E-state index contributed by atoms with van der Waals surface area (Å²) in [5.74, 6) is 1.67. The lowest BCUT2D eigenvalue weighted by atomic mass is 10.1. The van der Waals surface area contributed by atoms with Gasteiger partial charge in [-0.1, -0.05) is 12.1 Å². The van der Waals surface area contributed by atoms with Gasteiger partial charge in [-0.25, -0.2) is 4.99 Å².